The minimum absolute atomic E-state index is 0.663. The summed E-state index contributed by atoms with van der Waals surface area (Å²) in [5.74, 6) is 4.30. The van der Waals surface area contributed by atoms with E-state index in [2.05, 4.69) is 20.8 Å². The second kappa shape index (κ2) is 5.76. The van der Waals surface area contributed by atoms with Crippen LogP contribution in [0.25, 0.3) is 0 Å². The molecule has 0 atom stereocenters. The first-order valence-corrected chi connectivity index (χ1v) is 6.52. The van der Waals surface area contributed by atoms with Gasteiger partial charge in [-0.3, -0.25) is 0 Å². The van der Waals surface area contributed by atoms with Crippen LogP contribution in [-0.2, 0) is 0 Å². The standard InChI is InChI=1S/C12H15N3S/c1-2-8-16-12-9-11(13-10-14-12)15-6-4-3-5-7-15/h1,9-10H,3-8H2. The molecule has 0 saturated carbocycles. The fraction of sp³-hybridized carbons (Fsp3) is 0.500. The van der Waals surface area contributed by atoms with Crippen LogP contribution in [0.5, 0.6) is 0 Å². The molecule has 4 heteroatoms. The third kappa shape index (κ3) is 2.89. The first-order chi connectivity index (χ1) is 7.90. The molecule has 2 heterocycles. The first kappa shape index (κ1) is 11.3. The zero-order valence-corrected chi connectivity index (χ0v) is 10.0. The molecule has 1 aliphatic rings. The minimum Gasteiger partial charge on any atom is -0.356 e. The van der Waals surface area contributed by atoms with E-state index in [1.54, 1.807) is 18.1 Å². The molecule has 1 saturated heterocycles. The van der Waals surface area contributed by atoms with Crippen LogP contribution >= 0.6 is 11.8 Å². The smallest absolute Gasteiger partial charge is 0.133 e. The summed E-state index contributed by atoms with van der Waals surface area (Å²) in [6.45, 7) is 2.21. The van der Waals surface area contributed by atoms with Crippen molar-refractivity contribution in [1.29, 1.82) is 0 Å². The molecule has 0 aromatic carbocycles. The Balaban J connectivity index is 2.06. The van der Waals surface area contributed by atoms with E-state index in [1.165, 1.54) is 19.3 Å². The molecule has 3 nitrogen and oxygen atoms in total. The maximum Gasteiger partial charge on any atom is 0.133 e. The molecular weight excluding hydrogens is 218 g/mol. The summed E-state index contributed by atoms with van der Waals surface area (Å²) in [6, 6.07) is 2.04. The fourth-order valence-electron chi connectivity index (χ4n) is 1.82. The van der Waals surface area contributed by atoms with Crippen molar-refractivity contribution in [3.8, 4) is 12.3 Å². The van der Waals surface area contributed by atoms with Crippen LogP contribution in [-0.4, -0.2) is 28.8 Å². The molecular formula is C12H15N3S. The molecule has 16 heavy (non-hydrogen) atoms. The van der Waals surface area contributed by atoms with Crippen molar-refractivity contribution in [2.24, 2.45) is 0 Å². The normalized spacial score (nSPS) is 15.8. The SMILES string of the molecule is C#CCSc1cc(N2CCCCC2)ncn1. The highest BCUT2D eigenvalue weighted by molar-refractivity contribution is 7.99. The van der Waals surface area contributed by atoms with E-state index in [1.807, 2.05) is 6.07 Å². The molecule has 0 bridgehead atoms. The summed E-state index contributed by atoms with van der Waals surface area (Å²) in [5, 5.41) is 0.966. The lowest BCUT2D eigenvalue weighted by Crippen LogP contribution is -2.30. The third-order valence-electron chi connectivity index (χ3n) is 2.61. The Labute approximate surface area is 101 Å². The lowest BCUT2D eigenvalue weighted by Gasteiger charge is -2.27. The van der Waals surface area contributed by atoms with Crippen LogP contribution in [0.3, 0.4) is 0 Å². The zero-order chi connectivity index (χ0) is 11.2. The van der Waals surface area contributed by atoms with Gasteiger partial charge in [-0.05, 0) is 19.3 Å². The molecule has 2 rings (SSSR count). The quantitative estimate of drug-likeness (QED) is 0.454. The summed E-state index contributed by atoms with van der Waals surface area (Å²) < 4.78 is 0. The molecule has 84 valence electrons. The van der Waals surface area contributed by atoms with Crippen LogP contribution in [0.2, 0.25) is 0 Å². The van der Waals surface area contributed by atoms with Crippen LogP contribution in [0.1, 0.15) is 19.3 Å². The zero-order valence-electron chi connectivity index (χ0n) is 9.22. The summed E-state index contributed by atoms with van der Waals surface area (Å²) in [6.07, 6.45) is 10.7. The Morgan fingerprint density at radius 3 is 2.88 bits per heavy atom. The van der Waals surface area contributed by atoms with E-state index < -0.39 is 0 Å². The van der Waals surface area contributed by atoms with Gasteiger partial charge in [0, 0.05) is 19.2 Å². The van der Waals surface area contributed by atoms with Gasteiger partial charge in [0.05, 0.1) is 5.75 Å². The number of rotatable bonds is 3. The van der Waals surface area contributed by atoms with Gasteiger partial charge in [-0.1, -0.05) is 17.7 Å². The van der Waals surface area contributed by atoms with Gasteiger partial charge >= 0.3 is 0 Å². The molecule has 0 radical (unpaired) electrons. The lowest BCUT2D eigenvalue weighted by molar-refractivity contribution is 0.572. The maximum absolute atomic E-state index is 5.23. The molecule has 1 fully saturated rings. The number of nitrogens with zero attached hydrogens (tertiary/aromatic N) is 3. The molecule has 0 amide bonds. The van der Waals surface area contributed by atoms with Crippen molar-refractivity contribution in [2.75, 3.05) is 23.7 Å². The number of thioether (sulfide) groups is 1. The van der Waals surface area contributed by atoms with Crippen LogP contribution in [0.15, 0.2) is 17.4 Å². The van der Waals surface area contributed by atoms with Crippen molar-refractivity contribution < 1.29 is 0 Å². The monoisotopic (exact) mass is 233 g/mol. The number of anilines is 1. The van der Waals surface area contributed by atoms with Crippen molar-refractivity contribution in [2.45, 2.75) is 24.3 Å². The molecule has 0 N–H and O–H groups in total. The minimum atomic E-state index is 0.663. The number of piperidine rings is 1. The topological polar surface area (TPSA) is 29.0 Å². The highest BCUT2D eigenvalue weighted by Gasteiger charge is 2.12. The van der Waals surface area contributed by atoms with E-state index in [9.17, 15) is 0 Å². The molecule has 1 aromatic heterocycles. The second-order valence-electron chi connectivity index (χ2n) is 3.75. The number of hydrogen-bond acceptors (Lipinski definition) is 4. The third-order valence-corrected chi connectivity index (χ3v) is 3.44. The van der Waals surface area contributed by atoms with Crippen molar-refractivity contribution >= 4 is 17.6 Å². The average Bonchev–Trinajstić information content (AvgIpc) is 2.38. The Bertz CT molecular complexity index is 380. The van der Waals surface area contributed by atoms with Gasteiger partial charge in [0.15, 0.2) is 0 Å². The Morgan fingerprint density at radius 1 is 1.31 bits per heavy atom. The van der Waals surface area contributed by atoms with Crippen molar-refractivity contribution in [1.82, 2.24) is 9.97 Å². The average molecular weight is 233 g/mol. The second-order valence-corrected chi connectivity index (χ2v) is 4.75. The highest BCUT2D eigenvalue weighted by atomic mass is 32.2. The number of aromatic nitrogens is 2. The summed E-state index contributed by atoms with van der Waals surface area (Å²) >= 11 is 1.58. The Kier molecular flexibility index (Phi) is 4.06. The Morgan fingerprint density at radius 2 is 2.12 bits per heavy atom. The van der Waals surface area contributed by atoms with E-state index in [4.69, 9.17) is 6.42 Å². The van der Waals surface area contributed by atoms with E-state index in [-0.39, 0.29) is 0 Å². The van der Waals surface area contributed by atoms with E-state index in [0.29, 0.717) is 5.75 Å². The summed E-state index contributed by atoms with van der Waals surface area (Å²) in [4.78, 5) is 10.8. The van der Waals surface area contributed by atoms with Crippen molar-refractivity contribution in [3.05, 3.63) is 12.4 Å². The van der Waals surface area contributed by atoms with Crippen LogP contribution in [0, 0.1) is 12.3 Å². The van der Waals surface area contributed by atoms with E-state index >= 15 is 0 Å². The number of hydrogen-bond donors (Lipinski definition) is 0. The van der Waals surface area contributed by atoms with Gasteiger partial charge in [0.1, 0.15) is 17.2 Å². The molecule has 0 unspecified atom stereocenters. The van der Waals surface area contributed by atoms with Crippen LogP contribution in [0.4, 0.5) is 5.82 Å². The first-order valence-electron chi connectivity index (χ1n) is 5.53. The van der Waals surface area contributed by atoms with Gasteiger partial charge in [0.2, 0.25) is 0 Å². The lowest BCUT2D eigenvalue weighted by atomic mass is 10.1. The van der Waals surface area contributed by atoms with Gasteiger partial charge < -0.3 is 4.90 Å². The fourth-order valence-corrected chi connectivity index (χ4v) is 2.36. The summed E-state index contributed by atoms with van der Waals surface area (Å²) in [7, 11) is 0. The molecule has 0 aliphatic carbocycles. The van der Waals surface area contributed by atoms with Gasteiger partial charge in [-0.15, -0.1) is 6.42 Å². The maximum atomic E-state index is 5.23. The molecule has 0 spiro atoms. The highest BCUT2D eigenvalue weighted by Crippen LogP contribution is 2.21. The van der Waals surface area contributed by atoms with Gasteiger partial charge in [0.25, 0.3) is 0 Å². The van der Waals surface area contributed by atoms with Crippen LogP contribution < -0.4 is 4.90 Å². The molecule has 1 aliphatic heterocycles. The predicted octanol–water partition coefficient (Wildman–Crippen LogP) is 2.19. The van der Waals surface area contributed by atoms with E-state index in [0.717, 1.165) is 23.9 Å². The Hall–Kier alpha value is -1.21. The van der Waals surface area contributed by atoms with Gasteiger partial charge in [-0.25, -0.2) is 9.97 Å². The predicted molar refractivity (Wildman–Crippen MR) is 67.7 cm³/mol. The van der Waals surface area contributed by atoms with Crippen molar-refractivity contribution in [3.63, 3.8) is 0 Å². The summed E-state index contributed by atoms with van der Waals surface area (Å²) in [5.41, 5.74) is 0. The molecule has 1 aromatic rings. The number of terminal acetylenes is 1. The van der Waals surface area contributed by atoms with Gasteiger partial charge in [-0.2, -0.15) is 0 Å². The largest absolute Gasteiger partial charge is 0.356 e.